The van der Waals surface area contributed by atoms with Gasteiger partial charge in [0.25, 0.3) is 5.91 Å². The van der Waals surface area contributed by atoms with Gasteiger partial charge >= 0.3 is 0 Å². The molecule has 4 N–H and O–H groups in total. The molecule has 1 amide bonds. The molecular weight excluding hydrogens is 446 g/mol. The topological polar surface area (TPSA) is 101 Å². The van der Waals surface area contributed by atoms with Crippen molar-refractivity contribution in [1.82, 2.24) is 25.4 Å². The van der Waals surface area contributed by atoms with Crippen molar-refractivity contribution in [3.8, 4) is 11.1 Å². The zero-order valence-corrected chi connectivity index (χ0v) is 20.3. The van der Waals surface area contributed by atoms with Crippen molar-refractivity contribution >= 4 is 38.8 Å². The molecule has 0 saturated carbocycles. The Labute approximate surface area is 202 Å². The summed E-state index contributed by atoms with van der Waals surface area (Å²) >= 11 is 1.34. The number of nitrogen functional groups attached to an aromatic ring is 1. The molecule has 1 aromatic carbocycles. The van der Waals surface area contributed by atoms with Gasteiger partial charge in [0.1, 0.15) is 9.71 Å². The van der Waals surface area contributed by atoms with E-state index in [2.05, 4.69) is 43.8 Å². The summed E-state index contributed by atoms with van der Waals surface area (Å²) in [5.74, 6) is -0.150. The Morgan fingerprint density at radius 1 is 1.24 bits per heavy atom. The maximum absolute atomic E-state index is 12.8. The van der Waals surface area contributed by atoms with E-state index in [1.54, 1.807) is 0 Å². The van der Waals surface area contributed by atoms with Crippen LogP contribution in [0.4, 0.5) is 11.4 Å². The Balaban J connectivity index is 1.32. The number of carbonyl (C=O) groups excluding carboxylic acids is 1. The van der Waals surface area contributed by atoms with Crippen molar-refractivity contribution in [1.29, 1.82) is 0 Å². The maximum Gasteiger partial charge on any atom is 0.263 e. The molecule has 1 aliphatic heterocycles. The van der Waals surface area contributed by atoms with E-state index < -0.39 is 0 Å². The van der Waals surface area contributed by atoms with E-state index in [-0.39, 0.29) is 5.91 Å². The number of anilines is 2. The summed E-state index contributed by atoms with van der Waals surface area (Å²) in [4.78, 5) is 21.1. The Morgan fingerprint density at radius 2 is 2.06 bits per heavy atom. The Morgan fingerprint density at radius 3 is 2.82 bits per heavy atom. The first-order chi connectivity index (χ1) is 16.5. The van der Waals surface area contributed by atoms with Gasteiger partial charge in [0.2, 0.25) is 0 Å². The van der Waals surface area contributed by atoms with Crippen LogP contribution in [0.1, 0.15) is 20.9 Å². The van der Waals surface area contributed by atoms with Gasteiger partial charge in [-0.05, 0) is 43.2 Å². The average Bonchev–Trinajstić information content (AvgIpc) is 3.42. The molecule has 5 rings (SSSR count). The fourth-order valence-electron chi connectivity index (χ4n) is 4.37. The second-order valence-corrected chi connectivity index (χ2v) is 9.65. The van der Waals surface area contributed by atoms with E-state index in [0.29, 0.717) is 17.1 Å². The van der Waals surface area contributed by atoms with Gasteiger partial charge in [-0.3, -0.25) is 9.48 Å². The number of aryl methyl sites for hydroxylation is 2. The number of aromatic nitrogens is 3. The molecule has 34 heavy (non-hydrogen) atoms. The lowest BCUT2D eigenvalue weighted by molar-refractivity contribution is 0.0959. The molecule has 0 bridgehead atoms. The fraction of sp³-hybridized carbons (Fsp3) is 0.320. The van der Waals surface area contributed by atoms with Gasteiger partial charge in [-0.2, -0.15) is 5.10 Å². The number of nitrogens with two attached hydrogens (primary N) is 1. The largest absolute Gasteiger partial charge is 0.397 e. The van der Waals surface area contributed by atoms with Gasteiger partial charge in [0.05, 0.1) is 11.9 Å². The molecule has 1 aliphatic rings. The molecule has 0 spiro atoms. The molecule has 0 unspecified atom stereocenters. The number of nitrogens with one attached hydrogen (secondary N) is 2. The van der Waals surface area contributed by atoms with Crippen molar-refractivity contribution in [2.75, 3.05) is 43.4 Å². The monoisotopic (exact) mass is 475 g/mol. The van der Waals surface area contributed by atoms with E-state index in [4.69, 9.17) is 5.73 Å². The number of amides is 1. The number of fused-ring (bicyclic) bond motifs is 1. The molecule has 4 aromatic rings. The molecule has 1 fully saturated rings. The minimum absolute atomic E-state index is 0.150. The first-order valence-electron chi connectivity index (χ1n) is 11.5. The van der Waals surface area contributed by atoms with Crippen LogP contribution in [0, 0.1) is 6.92 Å². The highest BCUT2D eigenvalue weighted by molar-refractivity contribution is 7.21. The lowest BCUT2D eigenvalue weighted by atomic mass is 10.0. The molecule has 9 heteroatoms. The van der Waals surface area contributed by atoms with Crippen molar-refractivity contribution in [2.45, 2.75) is 13.3 Å². The van der Waals surface area contributed by atoms with Crippen LogP contribution in [0.25, 0.3) is 21.3 Å². The highest BCUT2D eigenvalue weighted by atomic mass is 32.1. The van der Waals surface area contributed by atoms with Crippen LogP contribution in [-0.2, 0) is 13.5 Å². The second-order valence-electron chi connectivity index (χ2n) is 8.65. The summed E-state index contributed by atoms with van der Waals surface area (Å²) in [5, 5.41) is 11.7. The standard InChI is InChI=1S/C25H29N7OS/c1-16-3-5-19-22(26)23(34-25(19)30-16)24(33)28-8-7-17-4-6-21(32-11-9-27-10-12-32)20(13-17)18-14-29-31(2)15-18/h3-6,13-15,27H,7-12,26H2,1-2H3,(H,28,33). The van der Waals surface area contributed by atoms with E-state index in [1.807, 2.05) is 43.2 Å². The number of hydrogen-bond acceptors (Lipinski definition) is 7. The molecule has 176 valence electrons. The number of carbonyl (C=O) groups is 1. The van der Waals surface area contributed by atoms with Crippen LogP contribution in [-0.4, -0.2) is 53.4 Å². The fourth-order valence-corrected chi connectivity index (χ4v) is 5.43. The van der Waals surface area contributed by atoms with E-state index in [0.717, 1.165) is 54.1 Å². The summed E-state index contributed by atoms with van der Waals surface area (Å²) in [7, 11) is 1.93. The highest BCUT2D eigenvalue weighted by Gasteiger charge is 2.18. The number of nitrogens with zero attached hydrogens (tertiary/aromatic N) is 4. The first kappa shape index (κ1) is 22.4. The van der Waals surface area contributed by atoms with Crippen molar-refractivity contribution in [3.63, 3.8) is 0 Å². The number of pyridine rings is 1. The van der Waals surface area contributed by atoms with Gasteiger partial charge in [0, 0.05) is 73.9 Å². The molecular formula is C25H29N7OS. The number of piperazine rings is 1. The van der Waals surface area contributed by atoms with Crippen molar-refractivity contribution in [3.05, 3.63) is 58.9 Å². The first-order valence-corrected chi connectivity index (χ1v) is 12.3. The zero-order chi connectivity index (χ0) is 23.7. The smallest absolute Gasteiger partial charge is 0.263 e. The lowest BCUT2D eigenvalue weighted by Gasteiger charge is -2.31. The van der Waals surface area contributed by atoms with Gasteiger partial charge in [-0.1, -0.05) is 6.07 Å². The third-order valence-electron chi connectivity index (χ3n) is 6.17. The van der Waals surface area contributed by atoms with Crippen LogP contribution in [0.5, 0.6) is 0 Å². The molecule has 0 atom stereocenters. The van der Waals surface area contributed by atoms with Gasteiger partial charge < -0.3 is 21.3 Å². The summed E-state index contributed by atoms with van der Waals surface area (Å²) in [6.07, 6.45) is 4.68. The van der Waals surface area contributed by atoms with Crippen molar-refractivity contribution in [2.24, 2.45) is 7.05 Å². The second kappa shape index (κ2) is 9.44. The zero-order valence-electron chi connectivity index (χ0n) is 19.5. The number of thiophene rings is 1. The van der Waals surface area contributed by atoms with Gasteiger partial charge in [0.15, 0.2) is 0 Å². The number of benzene rings is 1. The summed E-state index contributed by atoms with van der Waals surface area (Å²) in [5.41, 5.74) is 12.3. The predicted molar refractivity (Wildman–Crippen MR) is 139 cm³/mol. The van der Waals surface area contributed by atoms with Gasteiger partial charge in [-0.25, -0.2) is 4.98 Å². The minimum Gasteiger partial charge on any atom is -0.397 e. The molecule has 1 saturated heterocycles. The minimum atomic E-state index is -0.150. The van der Waals surface area contributed by atoms with E-state index >= 15 is 0 Å². The third kappa shape index (κ3) is 4.49. The van der Waals surface area contributed by atoms with Crippen LogP contribution >= 0.6 is 11.3 Å². The Kier molecular flexibility index (Phi) is 6.21. The Hall–Kier alpha value is -3.43. The molecule has 3 aromatic heterocycles. The Bertz CT molecular complexity index is 1340. The predicted octanol–water partition coefficient (Wildman–Crippen LogP) is 2.97. The highest BCUT2D eigenvalue weighted by Crippen LogP contribution is 2.33. The van der Waals surface area contributed by atoms with E-state index in [1.165, 1.54) is 28.2 Å². The molecule has 4 heterocycles. The maximum atomic E-state index is 12.8. The molecule has 0 radical (unpaired) electrons. The molecule has 0 aliphatic carbocycles. The van der Waals surface area contributed by atoms with Crippen LogP contribution in [0.2, 0.25) is 0 Å². The summed E-state index contributed by atoms with van der Waals surface area (Å²) < 4.78 is 1.83. The van der Waals surface area contributed by atoms with E-state index in [9.17, 15) is 4.79 Å². The SMILES string of the molecule is Cc1ccc2c(N)c(C(=O)NCCc3ccc(N4CCNCC4)c(-c4cnn(C)c4)c3)sc2n1. The van der Waals surface area contributed by atoms with Crippen LogP contribution < -0.4 is 21.3 Å². The number of rotatable bonds is 6. The molecule has 8 nitrogen and oxygen atoms in total. The van der Waals surface area contributed by atoms with Crippen LogP contribution in [0.15, 0.2) is 42.7 Å². The summed E-state index contributed by atoms with van der Waals surface area (Å²) in [6.45, 7) is 6.38. The normalized spacial score (nSPS) is 14.0. The number of hydrogen-bond donors (Lipinski definition) is 3. The lowest BCUT2D eigenvalue weighted by Crippen LogP contribution is -2.43. The average molecular weight is 476 g/mol. The quantitative estimate of drug-likeness (QED) is 0.396. The van der Waals surface area contributed by atoms with Crippen molar-refractivity contribution < 1.29 is 4.79 Å². The van der Waals surface area contributed by atoms with Gasteiger partial charge in [-0.15, -0.1) is 11.3 Å². The summed E-state index contributed by atoms with van der Waals surface area (Å²) in [6, 6.07) is 10.4. The van der Waals surface area contributed by atoms with Crippen LogP contribution in [0.3, 0.4) is 0 Å². The third-order valence-corrected chi connectivity index (χ3v) is 7.29.